The summed E-state index contributed by atoms with van der Waals surface area (Å²) >= 11 is 0. The summed E-state index contributed by atoms with van der Waals surface area (Å²) in [6.07, 6.45) is -3.02. The number of nitrogens with zero attached hydrogens (tertiary/aromatic N) is 1. The number of alkyl halides is 3. The molecule has 1 aromatic carbocycles. The monoisotopic (exact) mass is 315 g/mol. The van der Waals surface area contributed by atoms with E-state index in [2.05, 4.69) is 0 Å². The highest BCUT2D eigenvalue weighted by Crippen LogP contribution is 2.32. The number of halogens is 3. The van der Waals surface area contributed by atoms with Crippen LogP contribution in [0.25, 0.3) is 0 Å². The minimum absolute atomic E-state index is 0.00488. The average Bonchev–Trinajstić information content (AvgIpc) is 3.27. The number of carbonyl (C=O) groups is 2. The van der Waals surface area contributed by atoms with Crippen LogP contribution in [0.5, 0.6) is 0 Å². The molecule has 1 unspecified atom stereocenters. The van der Waals surface area contributed by atoms with Crippen LogP contribution in [-0.2, 0) is 11.0 Å². The molecule has 0 bridgehead atoms. The molecule has 1 atom stereocenters. The summed E-state index contributed by atoms with van der Waals surface area (Å²) in [6, 6.07) is 4.13. The lowest BCUT2D eigenvalue weighted by Crippen LogP contribution is -2.38. The van der Waals surface area contributed by atoms with E-state index in [9.17, 15) is 22.8 Å². The van der Waals surface area contributed by atoms with Crippen molar-refractivity contribution in [2.24, 2.45) is 5.92 Å². The SMILES string of the molecule is CC(CN(C(=O)c1cccc(C(F)(F)F)c1)C1CC1)C(=O)O. The Bertz CT molecular complexity index is 582. The van der Waals surface area contributed by atoms with Crippen LogP contribution in [0, 0.1) is 5.92 Å². The lowest BCUT2D eigenvalue weighted by Gasteiger charge is -2.24. The molecular formula is C15H16F3NO3. The van der Waals surface area contributed by atoms with Gasteiger partial charge in [0.25, 0.3) is 5.91 Å². The summed E-state index contributed by atoms with van der Waals surface area (Å²) in [5, 5.41) is 8.95. The summed E-state index contributed by atoms with van der Waals surface area (Å²) in [6.45, 7) is 1.46. The van der Waals surface area contributed by atoms with E-state index in [-0.39, 0.29) is 18.2 Å². The zero-order valence-electron chi connectivity index (χ0n) is 11.9. The van der Waals surface area contributed by atoms with Crippen molar-refractivity contribution < 1.29 is 27.9 Å². The first-order valence-corrected chi connectivity index (χ1v) is 6.91. The molecule has 7 heteroatoms. The molecule has 2 rings (SSSR count). The highest BCUT2D eigenvalue weighted by Gasteiger charge is 2.36. The predicted molar refractivity (Wildman–Crippen MR) is 72.3 cm³/mol. The van der Waals surface area contributed by atoms with E-state index in [0.717, 1.165) is 25.0 Å². The van der Waals surface area contributed by atoms with E-state index >= 15 is 0 Å². The number of hydrogen-bond donors (Lipinski definition) is 1. The van der Waals surface area contributed by atoms with Crippen LogP contribution in [0.15, 0.2) is 24.3 Å². The van der Waals surface area contributed by atoms with Crippen molar-refractivity contribution in [1.82, 2.24) is 4.90 Å². The summed E-state index contributed by atoms with van der Waals surface area (Å²) in [4.78, 5) is 24.7. The Morgan fingerprint density at radius 3 is 2.50 bits per heavy atom. The van der Waals surface area contributed by atoms with Gasteiger partial charge in [-0.3, -0.25) is 9.59 Å². The van der Waals surface area contributed by atoms with Crippen LogP contribution in [0.4, 0.5) is 13.2 Å². The largest absolute Gasteiger partial charge is 0.481 e. The lowest BCUT2D eigenvalue weighted by atomic mass is 10.1. The Hall–Kier alpha value is -2.05. The van der Waals surface area contributed by atoms with Gasteiger partial charge in [-0.25, -0.2) is 0 Å². The van der Waals surface area contributed by atoms with Crippen LogP contribution < -0.4 is 0 Å². The van der Waals surface area contributed by atoms with Gasteiger partial charge in [-0.1, -0.05) is 13.0 Å². The van der Waals surface area contributed by atoms with E-state index in [1.165, 1.54) is 24.0 Å². The summed E-state index contributed by atoms with van der Waals surface area (Å²) in [7, 11) is 0. The number of hydrogen-bond acceptors (Lipinski definition) is 2. The Kier molecular flexibility index (Phi) is 4.44. The van der Waals surface area contributed by atoms with Crippen molar-refractivity contribution in [3.8, 4) is 0 Å². The van der Waals surface area contributed by atoms with Crippen molar-refractivity contribution in [3.05, 3.63) is 35.4 Å². The minimum atomic E-state index is -4.52. The fourth-order valence-corrected chi connectivity index (χ4v) is 2.15. The van der Waals surface area contributed by atoms with Crippen molar-refractivity contribution >= 4 is 11.9 Å². The number of carboxylic acids is 1. The molecule has 1 aromatic rings. The van der Waals surface area contributed by atoms with Gasteiger partial charge in [-0.15, -0.1) is 0 Å². The molecule has 120 valence electrons. The summed E-state index contributed by atoms with van der Waals surface area (Å²) < 4.78 is 38.1. The zero-order chi connectivity index (χ0) is 16.5. The van der Waals surface area contributed by atoms with E-state index in [1.807, 2.05) is 0 Å². The second-order valence-corrected chi connectivity index (χ2v) is 5.51. The molecule has 1 aliphatic carbocycles. The molecule has 0 saturated heterocycles. The van der Waals surface area contributed by atoms with Crippen LogP contribution in [0.3, 0.4) is 0 Å². The third kappa shape index (κ3) is 3.78. The van der Waals surface area contributed by atoms with Gasteiger partial charge in [-0.2, -0.15) is 13.2 Å². The van der Waals surface area contributed by atoms with Gasteiger partial charge in [-0.05, 0) is 31.0 Å². The fraction of sp³-hybridized carbons (Fsp3) is 0.467. The first-order valence-electron chi connectivity index (χ1n) is 6.91. The van der Waals surface area contributed by atoms with Crippen molar-refractivity contribution in [1.29, 1.82) is 0 Å². The molecule has 22 heavy (non-hydrogen) atoms. The normalized spacial score (nSPS) is 16.2. The molecular weight excluding hydrogens is 299 g/mol. The second-order valence-electron chi connectivity index (χ2n) is 5.51. The Morgan fingerprint density at radius 1 is 1.36 bits per heavy atom. The molecule has 4 nitrogen and oxygen atoms in total. The number of amides is 1. The fourth-order valence-electron chi connectivity index (χ4n) is 2.15. The molecule has 1 fully saturated rings. The van der Waals surface area contributed by atoms with Crippen LogP contribution in [0.1, 0.15) is 35.7 Å². The van der Waals surface area contributed by atoms with E-state index in [4.69, 9.17) is 5.11 Å². The topological polar surface area (TPSA) is 57.6 Å². The van der Waals surface area contributed by atoms with Gasteiger partial charge < -0.3 is 10.0 Å². The van der Waals surface area contributed by atoms with Crippen LogP contribution in [-0.4, -0.2) is 34.5 Å². The molecule has 1 aliphatic rings. The molecule has 1 N–H and O–H groups in total. The maximum atomic E-state index is 12.7. The van der Waals surface area contributed by atoms with E-state index < -0.39 is 29.5 Å². The third-order valence-electron chi connectivity index (χ3n) is 3.58. The summed E-state index contributed by atoms with van der Waals surface area (Å²) in [5.41, 5.74) is -0.959. The predicted octanol–water partition coefficient (Wildman–Crippen LogP) is 3.03. The molecule has 0 aliphatic heterocycles. The molecule has 0 aromatic heterocycles. The van der Waals surface area contributed by atoms with E-state index in [0.29, 0.717) is 0 Å². The average molecular weight is 315 g/mol. The number of benzene rings is 1. The van der Waals surface area contributed by atoms with Gasteiger partial charge >= 0.3 is 12.1 Å². The maximum Gasteiger partial charge on any atom is 0.416 e. The first-order chi connectivity index (χ1) is 10.2. The van der Waals surface area contributed by atoms with Gasteiger partial charge in [0.05, 0.1) is 11.5 Å². The highest BCUT2D eigenvalue weighted by atomic mass is 19.4. The standard InChI is InChI=1S/C15H16F3NO3/c1-9(14(21)22)8-19(12-5-6-12)13(20)10-3-2-4-11(7-10)15(16,17)18/h2-4,7,9,12H,5-6,8H2,1H3,(H,21,22). The number of carbonyl (C=O) groups excluding carboxylic acids is 1. The van der Waals surface area contributed by atoms with Gasteiger partial charge in [0.15, 0.2) is 0 Å². The van der Waals surface area contributed by atoms with Gasteiger partial charge in [0.2, 0.25) is 0 Å². The Morgan fingerprint density at radius 2 is 2.00 bits per heavy atom. The molecule has 0 heterocycles. The zero-order valence-corrected chi connectivity index (χ0v) is 11.9. The van der Waals surface area contributed by atoms with Crippen molar-refractivity contribution in [3.63, 3.8) is 0 Å². The molecule has 0 spiro atoms. The first kappa shape index (κ1) is 16.3. The van der Waals surface area contributed by atoms with Crippen molar-refractivity contribution in [2.75, 3.05) is 6.54 Å². The van der Waals surface area contributed by atoms with Gasteiger partial charge in [0, 0.05) is 18.2 Å². The number of rotatable bonds is 5. The second kappa shape index (κ2) is 5.98. The minimum Gasteiger partial charge on any atom is -0.481 e. The Labute approximate surface area is 125 Å². The lowest BCUT2D eigenvalue weighted by molar-refractivity contribution is -0.141. The van der Waals surface area contributed by atoms with Gasteiger partial charge in [0.1, 0.15) is 0 Å². The third-order valence-corrected chi connectivity index (χ3v) is 3.58. The molecule has 1 amide bonds. The maximum absolute atomic E-state index is 12.7. The molecule has 1 saturated carbocycles. The van der Waals surface area contributed by atoms with Crippen LogP contribution >= 0.6 is 0 Å². The highest BCUT2D eigenvalue weighted by molar-refractivity contribution is 5.95. The number of aliphatic carboxylic acids is 1. The summed E-state index contributed by atoms with van der Waals surface area (Å²) in [5.74, 6) is -2.36. The quantitative estimate of drug-likeness (QED) is 0.908. The smallest absolute Gasteiger partial charge is 0.416 e. The van der Waals surface area contributed by atoms with Crippen LogP contribution in [0.2, 0.25) is 0 Å². The van der Waals surface area contributed by atoms with Crippen molar-refractivity contribution in [2.45, 2.75) is 32.0 Å². The molecule has 0 radical (unpaired) electrons. The Balaban J connectivity index is 2.22. The number of carboxylic acid groups (broad SMARTS) is 1. The van der Waals surface area contributed by atoms with E-state index in [1.54, 1.807) is 0 Å².